The van der Waals surface area contributed by atoms with E-state index in [2.05, 4.69) is 14.7 Å². The fraction of sp³-hybridized carbons (Fsp3) is 0.333. The molecule has 0 fully saturated rings. The Morgan fingerprint density at radius 2 is 2.25 bits per heavy atom. The maximum absolute atomic E-state index is 12.5. The molecule has 1 rings (SSSR count). The Hall–Kier alpha value is -1.55. The number of imidazole rings is 1. The number of esters is 1. The van der Waals surface area contributed by atoms with Crippen LogP contribution in [0.25, 0.3) is 0 Å². The molecule has 10 heteroatoms. The molecular formula is C6H5F2N2O5S-. The second kappa shape index (κ2) is 4.14. The Morgan fingerprint density at radius 3 is 2.69 bits per heavy atom. The predicted molar refractivity (Wildman–Crippen MR) is 43.5 cm³/mol. The molecular weight excluding hydrogens is 250 g/mol. The summed E-state index contributed by atoms with van der Waals surface area (Å²) in [5.74, 6) is -1.24. The number of rotatable bonds is 4. The number of halogens is 2. The van der Waals surface area contributed by atoms with Gasteiger partial charge in [0, 0.05) is 0 Å². The van der Waals surface area contributed by atoms with Crippen LogP contribution >= 0.6 is 0 Å². The van der Waals surface area contributed by atoms with E-state index in [-0.39, 0.29) is 5.69 Å². The van der Waals surface area contributed by atoms with Gasteiger partial charge in [0.05, 0.1) is 12.5 Å². The van der Waals surface area contributed by atoms with Gasteiger partial charge in [0.1, 0.15) is 5.69 Å². The van der Waals surface area contributed by atoms with Crippen LogP contribution in [-0.4, -0.2) is 40.8 Å². The van der Waals surface area contributed by atoms with E-state index in [0.717, 1.165) is 12.5 Å². The lowest BCUT2D eigenvalue weighted by atomic mass is 10.5. The minimum atomic E-state index is -5.85. The van der Waals surface area contributed by atoms with Crippen LogP contribution in [-0.2, 0) is 14.9 Å². The molecule has 0 radical (unpaired) electrons. The summed E-state index contributed by atoms with van der Waals surface area (Å²) in [6, 6.07) is 0. The molecule has 0 bridgehead atoms. The van der Waals surface area contributed by atoms with E-state index in [0.29, 0.717) is 0 Å². The third kappa shape index (κ3) is 2.73. The highest BCUT2D eigenvalue weighted by Gasteiger charge is 2.39. The number of nitrogens with one attached hydrogen (secondary N) is 1. The number of nitrogens with zero attached hydrogens (tertiary/aromatic N) is 1. The van der Waals surface area contributed by atoms with E-state index >= 15 is 0 Å². The minimum Gasteiger partial charge on any atom is -0.743 e. The number of hydrogen-bond acceptors (Lipinski definition) is 6. The third-order valence-electron chi connectivity index (χ3n) is 1.46. The van der Waals surface area contributed by atoms with Crippen molar-refractivity contribution >= 4 is 16.1 Å². The lowest BCUT2D eigenvalue weighted by molar-refractivity contribution is -0.0103. The van der Waals surface area contributed by atoms with Crippen LogP contribution in [0.3, 0.4) is 0 Å². The van der Waals surface area contributed by atoms with Gasteiger partial charge in [-0.3, -0.25) is 0 Å². The van der Waals surface area contributed by atoms with Crippen LogP contribution < -0.4 is 0 Å². The van der Waals surface area contributed by atoms with Crippen molar-refractivity contribution in [3.63, 3.8) is 0 Å². The molecule has 1 heterocycles. The normalized spacial score (nSPS) is 12.4. The molecule has 0 amide bonds. The molecule has 1 aromatic rings. The highest BCUT2D eigenvalue weighted by molar-refractivity contribution is 7.86. The maximum atomic E-state index is 12.5. The fourth-order valence-corrected chi connectivity index (χ4v) is 0.870. The first-order valence-corrected chi connectivity index (χ1v) is 5.13. The van der Waals surface area contributed by atoms with Crippen molar-refractivity contribution in [2.45, 2.75) is 5.25 Å². The molecule has 0 aliphatic heterocycles. The molecule has 0 saturated carbocycles. The van der Waals surface area contributed by atoms with Crippen LogP contribution in [0.1, 0.15) is 10.5 Å². The van der Waals surface area contributed by atoms with E-state index in [9.17, 15) is 26.5 Å². The lowest BCUT2D eigenvalue weighted by Crippen LogP contribution is -2.34. The van der Waals surface area contributed by atoms with Gasteiger partial charge in [-0.1, -0.05) is 0 Å². The smallest absolute Gasteiger partial charge is 0.367 e. The predicted octanol–water partition coefficient (Wildman–Crippen LogP) is -0.296. The van der Waals surface area contributed by atoms with Crippen molar-refractivity contribution in [2.24, 2.45) is 0 Å². The van der Waals surface area contributed by atoms with Crippen molar-refractivity contribution in [3.05, 3.63) is 18.2 Å². The van der Waals surface area contributed by atoms with Crippen LogP contribution in [0.2, 0.25) is 0 Å². The Morgan fingerprint density at radius 1 is 1.62 bits per heavy atom. The highest BCUT2D eigenvalue weighted by atomic mass is 32.2. The minimum absolute atomic E-state index is 0.237. The molecule has 1 aromatic heterocycles. The number of aromatic amines is 1. The van der Waals surface area contributed by atoms with E-state index < -0.39 is 27.9 Å². The number of hydrogen-bond donors (Lipinski definition) is 1. The molecule has 90 valence electrons. The summed E-state index contributed by atoms with van der Waals surface area (Å²) in [4.78, 5) is 16.6. The maximum Gasteiger partial charge on any atom is 0.367 e. The molecule has 0 aliphatic carbocycles. The van der Waals surface area contributed by atoms with Crippen molar-refractivity contribution < 1.29 is 31.3 Å². The van der Waals surface area contributed by atoms with E-state index in [1.807, 2.05) is 0 Å². The number of carbonyl (C=O) groups excluding carboxylic acids is 1. The Balaban J connectivity index is 2.63. The van der Waals surface area contributed by atoms with E-state index in [1.54, 1.807) is 0 Å². The first-order valence-electron chi connectivity index (χ1n) is 3.73. The molecule has 0 spiro atoms. The Bertz CT molecular complexity index is 469. The number of alkyl halides is 2. The van der Waals surface area contributed by atoms with Gasteiger partial charge in [0.25, 0.3) is 0 Å². The highest BCUT2D eigenvalue weighted by Crippen LogP contribution is 2.20. The van der Waals surface area contributed by atoms with E-state index in [1.165, 1.54) is 0 Å². The molecule has 0 aliphatic rings. The van der Waals surface area contributed by atoms with Gasteiger partial charge in [0.2, 0.25) is 0 Å². The fourth-order valence-electron chi connectivity index (χ4n) is 0.667. The first kappa shape index (κ1) is 12.5. The summed E-state index contributed by atoms with van der Waals surface area (Å²) in [5, 5.41) is -4.65. The summed E-state index contributed by atoms with van der Waals surface area (Å²) in [6.45, 7) is -1.84. The molecule has 0 unspecified atom stereocenters. The van der Waals surface area contributed by atoms with E-state index in [4.69, 9.17) is 0 Å². The molecule has 1 N–H and O–H groups in total. The average Bonchev–Trinajstić information content (AvgIpc) is 2.65. The summed E-state index contributed by atoms with van der Waals surface area (Å²) >= 11 is 0. The number of aromatic nitrogens is 2. The van der Waals surface area contributed by atoms with Crippen molar-refractivity contribution in [3.8, 4) is 0 Å². The number of H-pyrrole nitrogens is 1. The van der Waals surface area contributed by atoms with Gasteiger partial charge in [-0.25, -0.2) is 18.2 Å². The zero-order chi connectivity index (χ0) is 12.4. The molecule has 7 nitrogen and oxygen atoms in total. The second-order valence-corrected chi connectivity index (χ2v) is 4.14. The van der Waals surface area contributed by atoms with Gasteiger partial charge < -0.3 is 14.3 Å². The summed E-state index contributed by atoms with van der Waals surface area (Å²) < 4.78 is 59.1. The van der Waals surface area contributed by atoms with Gasteiger partial charge in [0.15, 0.2) is 16.7 Å². The van der Waals surface area contributed by atoms with Gasteiger partial charge in [-0.15, -0.1) is 0 Å². The van der Waals surface area contributed by atoms with Gasteiger partial charge in [-0.2, -0.15) is 8.78 Å². The third-order valence-corrected chi connectivity index (χ3v) is 2.30. The molecule has 0 saturated heterocycles. The second-order valence-electron chi connectivity index (χ2n) is 2.63. The van der Waals surface area contributed by atoms with Crippen molar-refractivity contribution in [1.82, 2.24) is 9.97 Å². The quantitative estimate of drug-likeness (QED) is 0.584. The van der Waals surface area contributed by atoms with Crippen molar-refractivity contribution in [2.75, 3.05) is 6.61 Å². The SMILES string of the molecule is O=C(OCC(F)(F)S(=O)(=O)[O-])c1cnc[nH]1. The standard InChI is InChI=1S/C6H6F2N2O5S/c7-6(8,16(12,13)14)2-15-5(11)4-1-9-3-10-4/h1,3H,2H2,(H,9,10)(H,12,13,14)/p-1. The topological polar surface area (TPSA) is 112 Å². The Labute approximate surface area is 88.2 Å². The number of ether oxygens (including phenoxy) is 1. The van der Waals surface area contributed by atoms with Gasteiger partial charge >= 0.3 is 11.2 Å². The summed E-state index contributed by atoms with van der Waals surface area (Å²) in [5.41, 5.74) is -0.237. The molecule has 0 atom stereocenters. The monoisotopic (exact) mass is 255 g/mol. The first-order chi connectivity index (χ1) is 7.24. The largest absolute Gasteiger partial charge is 0.743 e. The van der Waals surface area contributed by atoms with Crippen LogP contribution in [0.4, 0.5) is 8.78 Å². The van der Waals surface area contributed by atoms with Crippen LogP contribution in [0.15, 0.2) is 12.5 Å². The summed E-state index contributed by atoms with van der Waals surface area (Å²) in [6.07, 6.45) is 2.09. The average molecular weight is 255 g/mol. The van der Waals surface area contributed by atoms with Crippen LogP contribution in [0, 0.1) is 0 Å². The van der Waals surface area contributed by atoms with Crippen LogP contribution in [0.5, 0.6) is 0 Å². The van der Waals surface area contributed by atoms with Crippen molar-refractivity contribution in [1.29, 1.82) is 0 Å². The zero-order valence-electron chi connectivity index (χ0n) is 7.51. The molecule has 16 heavy (non-hydrogen) atoms. The Kier molecular flexibility index (Phi) is 3.24. The zero-order valence-corrected chi connectivity index (χ0v) is 8.33. The molecule has 0 aromatic carbocycles. The number of carbonyl (C=O) groups is 1. The lowest BCUT2D eigenvalue weighted by Gasteiger charge is -2.18. The summed E-state index contributed by atoms with van der Waals surface area (Å²) in [7, 11) is -5.85. The van der Waals surface area contributed by atoms with Gasteiger partial charge in [-0.05, 0) is 0 Å².